The van der Waals surface area contributed by atoms with E-state index in [-0.39, 0.29) is 10.6 Å². The molecule has 5 heteroatoms. The molecule has 0 bridgehead atoms. The molecule has 0 radical (unpaired) electrons. The van der Waals surface area contributed by atoms with E-state index in [2.05, 4.69) is 17.1 Å². The molecule has 1 N–H and O–H groups in total. The van der Waals surface area contributed by atoms with Crippen molar-refractivity contribution in [3.05, 3.63) is 39.9 Å². The summed E-state index contributed by atoms with van der Waals surface area (Å²) in [6.07, 6.45) is 2.58. The van der Waals surface area contributed by atoms with Crippen molar-refractivity contribution in [1.29, 1.82) is 0 Å². The van der Waals surface area contributed by atoms with Crippen LogP contribution in [-0.2, 0) is 6.54 Å². The molecular formula is C14H21N3O2. The van der Waals surface area contributed by atoms with Gasteiger partial charge >= 0.3 is 0 Å². The van der Waals surface area contributed by atoms with Crippen LogP contribution in [0.3, 0.4) is 0 Å². The Hall–Kier alpha value is -1.46. The second-order valence-electron chi connectivity index (χ2n) is 5.18. The topological polar surface area (TPSA) is 58.4 Å². The summed E-state index contributed by atoms with van der Waals surface area (Å²) >= 11 is 0. The van der Waals surface area contributed by atoms with Gasteiger partial charge in [0.05, 0.1) is 4.92 Å². The highest BCUT2D eigenvalue weighted by molar-refractivity contribution is 5.39. The Morgan fingerprint density at radius 1 is 1.37 bits per heavy atom. The summed E-state index contributed by atoms with van der Waals surface area (Å²) in [5, 5.41) is 14.3. The molecule has 2 rings (SSSR count). The van der Waals surface area contributed by atoms with E-state index in [0.717, 1.165) is 12.1 Å². The third-order valence-corrected chi connectivity index (χ3v) is 3.56. The molecule has 1 atom stereocenters. The van der Waals surface area contributed by atoms with Gasteiger partial charge in [-0.25, -0.2) is 0 Å². The van der Waals surface area contributed by atoms with E-state index in [9.17, 15) is 10.1 Å². The van der Waals surface area contributed by atoms with Crippen molar-refractivity contribution in [2.45, 2.75) is 32.4 Å². The molecule has 1 unspecified atom stereocenters. The van der Waals surface area contributed by atoms with Crippen molar-refractivity contribution >= 4 is 5.69 Å². The van der Waals surface area contributed by atoms with Crippen LogP contribution in [0, 0.1) is 10.1 Å². The van der Waals surface area contributed by atoms with Gasteiger partial charge in [-0.15, -0.1) is 0 Å². The standard InChI is InChI=1S/C14H21N3O2/c1-12(11-16-8-4-5-9-16)15-10-13-6-2-3-7-14(13)17(18)19/h2-3,6-7,12,15H,4-5,8-11H2,1H3. The van der Waals surface area contributed by atoms with Crippen LogP contribution in [0.1, 0.15) is 25.3 Å². The smallest absolute Gasteiger partial charge is 0.273 e. The Morgan fingerprint density at radius 2 is 2.05 bits per heavy atom. The van der Waals surface area contributed by atoms with Crippen LogP contribution in [0.5, 0.6) is 0 Å². The van der Waals surface area contributed by atoms with Gasteiger partial charge in [-0.3, -0.25) is 10.1 Å². The predicted molar refractivity (Wildman–Crippen MR) is 75.1 cm³/mol. The first kappa shape index (κ1) is 14.0. The Labute approximate surface area is 113 Å². The predicted octanol–water partition coefficient (Wildman–Crippen LogP) is 2.17. The van der Waals surface area contributed by atoms with E-state index >= 15 is 0 Å². The van der Waals surface area contributed by atoms with Gasteiger partial charge in [0.15, 0.2) is 0 Å². The van der Waals surface area contributed by atoms with Crippen LogP contribution in [0.2, 0.25) is 0 Å². The number of nitro groups is 1. The van der Waals surface area contributed by atoms with E-state index < -0.39 is 0 Å². The number of nitrogens with one attached hydrogen (secondary N) is 1. The van der Waals surface area contributed by atoms with Gasteiger partial charge in [-0.1, -0.05) is 18.2 Å². The second kappa shape index (κ2) is 6.63. The molecule has 19 heavy (non-hydrogen) atoms. The first-order valence-corrected chi connectivity index (χ1v) is 6.85. The highest BCUT2D eigenvalue weighted by atomic mass is 16.6. The minimum Gasteiger partial charge on any atom is -0.309 e. The fourth-order valence-electron chi connectivity index (χ4n) is 2.54. The molecule has 1 heterocycles. The molecule has 1 fully saturated rings. The van der Waals surface area contributed by atoms with E-state index in [4.69, 9.17) is 0 Å². The number of benzene rings is 1. The van der Waals surface area contributed by atoms with Crippen molar-refractivity contribution < 1.29 is 4.92 Å². The molecule has 0 aliphatic carbocycles. The number of hydrogen-bond donors (Lipinski definition) is 1. The SMILES string of the molecule is CC(CN1CCCC1)NCc1ccccc1[N+](=O)[O-]. The highest BCUT2D eigenvalue weighted by Crippen LogP contribution is 2.17. The lowest BCUT2D eigenvalue weighted by atomic mass is 10.1. The molecule has 1 aromatic rings. The number of rotatable bonds is 6. The maximum Gasteiger partial charge on any atom is 0.273 e. The third kappa shape index (κ3) is 4.01. The molecule has 1 saturated heterocycles. The Morgan fingerprint density at radius 3 is 2.74 bits per heavy atom. The highest BCUT2D eigenvalue weighted by Gasteiger charge is 2.16. The zero-order valence-electron chi connectivity index (χ0n) is 11.3. The monoisotopic (exact) mass is 263 g/mol. The zero-order valence-corrected chi connectivity index (χ0v) is 11.3. The molecule has 0 saturated carbocycles. The molecule has 0 aromatic heterocycles. The fraction of sp³-hybridized carbons (Fsp3) is 0.571. The third-order valence-electron chi connectivity index (χ3n) is 3.56. The van der Waals surface area contributed by atoms with Crippen molar-refractivity contribution in [1.82, 2.24) is 10.2 Å². The Balaban J connectivity index is 1.85. The summed E-state index contributed by atoms with van der Waals surface area (Å²) in [6.45, 7) is 6.05. The van der Waals surface area contributed by atoms with Crippen molar-refractivity contribution in [2.24, 2.45) is 0 Å². The normalized spacial score (nSPS) is 17.5. The fourth-order valence-corrected chi connectivity index (χ4v) is 2.54. The van der Waals surface area contributed by atoms with E-state index in [1.807, 2.05) is 12.1 Å². The molecule has 1 aliphatic heterocycles. The largest absolute Gasteiger partial charge is 0.309 e. The van der Waals surface area contributed by atoms with Gasteiger partial charge in [0, 0.05) is 30.8 Å². The molecule has 0 spiro atoms. The van der Waals surface area contributed by atoms with Crippen LogP contribution in [0.25, 0.3) is 0 Å². The maximum atomic E-state index is 10.9. The summed E-state index contributed by atoms with van der Waals surface area (Å²) in [6, 6.07) is 7.26. The average Bonchev–Trinajstić information content (AvgIpc) is 2.89. The number of hydrogen-bond acceptors (Lipinski definition) is 4. The van der Waals surface area contributed by atoms with Crippen LogP contribution in [0.15, 0.2) is 24.3 Å². The number of nitrogens with zero attached hydrogens (tertiary/aromatic N) is 2. The summed E-state index contributed by atoms with van der Waals surface area (Å²) < 4.78 is 0. The molecule has 0 amide bonds. The number of likely N-dealkylation sites (tertiary alicyclic amines) is 1. The lowest BCUT2D eigenvalue weighted by Gasteiger charge is -2.21. The Bertz CT molecular complexity index is 430. The first-order valence-electron chi connectivity index (χ1n) is 6.85. The van der Waals surface area contributed by atoms with E-state index in [1.54, 1.807) is 12.1 Å². The van der Waals surface area contributed by atoms with Crippen LogP contribution < -0.4 is 5.32 Å². The molecule has 1 aliphatic rings. The van der Waals surface area contributed by atoms with Gasteiger partial charge in [-0.05, 0) is 32.9 Å². The Kier molecular flexibility index (Phi) is 4.87. The summed E-state index contributed by atoms with van der Waals surface area (Å²) in [7, 11) is 0. The van der Waals surface area contributed by atoms with Crippen LogP contribution in [-0.4, -0.2) is 35.5 Å². The van der Waals surface area contributed by atoms with Crippen LogP contribution >= 0.6 is 0 Å². The summed E-state index contributed by atoms with van der Waals surface area (Å²) in [4.78, 5) is 13.0. The van der Waals surface area contributed by atoms with Gasteiger partial charge in [0.2, 0.25) is 0 Å². The molecule has 5 nitrogen and oxygen atoms in total. The second-order valence-corrected chi connectivity index (χ2v) is 5.18. The van der Waals surface area contributed by atoms with Crippen molar-refractivity contribution in [2.75, 3.05) is 19.6 Å². The molecule has 1 aromatic carbocycles. The van der Waals surface area contributed by atoms with Crippen molar-refractivity contribution in [3.8, 4) is 0 Å². The van der Waals surface area contributed by atoms with Gasteiger partial charge in [0.25, 0.3) is 5.69 Å². The number of para-hydroxylation sites is 1. The van der Waals surface area contributed by atoms with Crippen molar-refractivity contribution in [3.63, 3.8) is 0 Å². The maximum absolute atomic E-state index is 10.9. The van der Waals surface area contributed by atoms with Gasteiger partial charge in [0.1, 0.15) is 0 Å². The molecule has 104 valence electrons. The zero-order chi connectivity index (χ0) is 13.7. The number of nitro benzene ring substituents is 1. The summed E-state index contributed by atoms with van der Waals surface area (Å²) in [5.74, 6) is 0. The van der Waals surface area contributed by atoms with E-state index in [0.29, 0.717) is 12.6 Å². The first-order chi connectivity index (χ1) is 9.16. The quantitative estimate of drug-likeness (QED) is 0.631. The van der Waals surface area contributed by atoms with Gasteiger partial charge in [-0.2, -0.15) is 0 Å². The lowest BCUT2D eigenvalue weighted by molar-refractivity contribution is -0.385. The minimum atomic E-state index is -0.317. The lowest BCUT2D eigenvalue weighted by Crippen LogP contribution is -2.37. The summed E-state index contributed by atoms with van der Waals surface area (Å²) in [5.41, 5.74) is 0.948. The average molecular weight is 263 g/mol. The van der Waals surface area contributed by atoms with E-state index in [1.165, 1.54) is 25.9 Å². The van der Waals surface area contributed by atoms with Crippen LogP contribution in [0.4, 0.5) is 5.69 Å². The minimum absolute atomic E-state index is 0.198. The van der Waals surface area contributed by atoms with Gasteiger partial charge < -0.3 is 10.2 Å². The molecular weight excluding hydrogens is 242 g/mol.